The summed E-state index contributed by atoms with van der Waals surface area (Å²) in [6.07, 6.45) is 0. The predicted molar refractivity (Wildman–Crippen MR) is 74.0 cm³/mol. The number of carbonyl (C=O) groups excluding carboxylic acids is 2. The Morgan fingerprint density at radius 2 is 1.84 bits per heavy atom. The van der Waals surface area contributed by atoms with Crippen molar-refractivity contribution in [2.45, 2.75) is 26.3 Å². The maximum atomic E-state index is 12.5. The summed E-state index contributed by atoms with van der Waals surface area (Å²) in [5.74, 6) is -0.629. The van der Waals surface area contributed by atoms with Gasteiger partial charge in [0.2, 0.25) is 5.91 Å². The minimum Gasteiger partial charge on any atom is -0.368 e. The van der Waals surface area contributed by atoms with Gasteiger partial charge in [0, 0.05) is 12.1 Å². The first-order chi connectivity index (χ1) is 8.85. The second-order valence-corrected chi connectivity index (χ2v) is 5.34. The third kappa shape index (κ3) is 2.14. The average molecular weight is 258 g/mol. The minimum atomic E-state index is -0.977. The van der Waals surface area contributed by atoms with Gasteiger partial charge in [-0.3, -0.25) is 9.59 Å². The Balaban J connectivity index is 2.38. The molecule has 0 saturated carbocycles. The molecule has 2 rings (SSSR count). The van der Waals surface area contributed by atoms with Crippen molar-refractivity contribution in [3.8, 4) is 0 Å². The van der Waals surface area contributed by atoms with E-state index in [-0.39, 0.29) is 5.91 Å². The molecule has 0 spiro atoms. The third-order valence-corrected chi connectivity index (χ3v) is 3.62. The fourth-order valence-electron chi connectivity index (χ4n) is 2.26. The molecule has 0 bridgehead atoms. The van der Waals surface area contributed by atoms with Crippen molar-refractivity contribution < 1.29 is 9.59 Å². The summed E-state index contributed by atoms with van der Waals surface area (Å²) >= 11 is 0. The first-order valence-electron chi connectivity index (χ1n) is 6.22. The molecule has 19 heavy (non-hydrogen) atoms. The van der Waals surface area contributed by atoms with Crippen molar-refractivity contribution in [2.24, 2.45) is 5.73 Å². The van der Waals surface area contributed by atoms with Crippen molar-refractivity contribution in [3.05, 3.63) is 41.5 Å². The second kappa shape index (κ2) is 4.53. The van der Waals surface area contributed by atoms with Crippen LogP contribution in [0.15, 0.2) is 35.9 Å². The van der Waals surface area contributed by atoms with Gasteiger partial charge in [-0.05, 0) is 31.9 Å². The zero-order valence-corrected chi connectivity index (χ0v) is 11.4. The van der Waals surface area contributed by atoms with Crippen LogP contribution in [0, 0.1) is 0 Å². The van der Waals surface area contributed by atoms with Crippen LogP contribution in [-0.4, -0.2) is 28.8 Å². The molecule has 2 amide bonds. The van der Waals surface area contributed by atoms with Gasteiger partial charge in [-0.2, -0.15) is 0 Å². The van der Waals surface area contributed by atoms with Gasteiger partial charge in [-0.1, -0.05) is 30.3 Å². The van der Waals surface area contributed by atoms with Gasteiger partial charge in [-0.25, -0.2) is 0 Å². The molecule has 1 aliphatic rings. The molecule has 0 unspecified atom stereocenters. The highest BCUT2D eigenvalue weighted by atomic mass is 16.2. The number of carbonyl (C=O) groups is 2. The van der Waals surface area contributed by atoms with E-state index in [9.17, 15) is 9.59 Å². The zero-order valence-electron chi connectivity index (χ0n) is 11.4. The molecule has 1 aromatic rings. The molecule has 0 aromatic heterocycles. The van der Waals surface area contributed by atoms with Crippen LogP contribution in [0.3, 0.4) is 0 Å². The van der Waals surface area contributed by atoms with E-state index in [1.165, 1.54) is 4.90 Å². The van der Waals surface area contributed by atoms with Crippen LogP contribution < -0.4 is 5.73 Å². The van der Waals surface area contributed by atoms with E-state index in [4.69, 9.17) is 5.73 Å². The first-order valence-corrected chi connectivity index (χ1v) is 6.22. The molecule has 100 valence electrons. The van der Waals surface area contributed by atoms with Crippen LogP contribution in [0.25, 0.3) is 5.57 Å². The van der Waals surface area contributed by atoms with Gasteiger partial charge in [0.15, 0.2) is 0 Å². The smallest absolute Gasteiger partial charge is 0.255 e. The fourth-order valence-corrected chi connectivity index (χ4v) is 2.26. The highest BCUT2D eigenvalue weighted by Gasteiger charge is 2.41. The van der Waals surface area contributed by atoms with Crippen LogP contribution in [-0.2, 0) is 9.59 Å². The van der Waals surface area contributed by atoms with Gasteiger partial charge in [0.05, 0.1) is 0 Å². The Morgan fingerprint density at radius 1 is 1.26 bits per heavy atom. The summed E-state index contributed by atoms with van der Waals surface area (Å²) in [7, 11) is 0. The number of nitrogens with two attached hydrogens (primary N) is 1. The number of hydrogen-bond donors (Lipinski definition) is 1. The lowest BCUT2D eigenvalue weighted by atomic mass is 10.0. The normalized spacial score (nSPS) is 16.2. The van der Waals surface area contributed by atoms with Gasteiger partial charge >= 0.3 is 0 Å². The maximum absolute atomic E-state index is 12.5. The molecule has 0 atom stereocenters. The molecular weight excluding hydrogens is 240 g/mol. The Hall–Kier alpha value is -2.10. The SMILES string of the molecule is CC1=C(c2ccccc2)C(=O)N(C(C)(C)C(N)=O)C1. The monoisotopic (exact) mass is 258 g/mol. The molecule has 4 heteroatoms. The van der Waals surface area contributed by atoms with Crippen molar-refractivity contribution in [2.75, 3.05) is 6.54 Å². The second-order valence-electron chi connectivity index (χ2n) is 5.34. The lowest BCUT2D eigenvalue weighted by molar-refractivity contribution is -0.138. The Kier molecular flexibility index (Phi) is 3.18. The first kappa shape index (κ1) is 13.3. The predicted octanol–water partition coefficient (Wildman–Crippen LogP) is 1.57. The molecule has 1 aromatic carbocycles. The topological polar surface area (TPSA) is 63.4 Å². The molecule has 0 aliphatic carbocycles. The maximum Gasteiger partial charge on any atom is 0.255 e. The molecule has 1 heterocycles. The lowest BCUT2D eigenvalue weighted by Gasteiger charge is -2.32. The number of rotatable bonds is 3. The van der Waals surface area contributed by atoms with Crippen molar-refractivity contribution in [1.29, 1.82) is 0 Å². The van der Waals surface area contributed by atoms with Crippen molar-refractivity contribution >= 4 is 17.4 Å². The largest absolute Gasteiger partial charge is 0.368 e. The summed E-state index contributed by atoms with van der Waals surface area (Å²) in [5.41, 5.74) is 6.93. The van der Waals surface area contributed by atoms with Gasteiger partial charge in [0.1, 0.15) is 5.54 Å². The molecular formula is C15H18N2O2. The van der Waals surface area contributed by atoms with Crippen LogP contribution in [0.5, 0.6) is 0 Å². The van der Waals surface area contributed by atoms with E-state index in [1.807, 2.05) is 37.3 Å². The number of benzene rings is 1. The summed E-state index contributed by atoms with van der Waals surface area (Å²) in [5, 5.41) is 0. The third-order valence-electron chi connectivity index (χ3n) is 3.62. The summed E-state index contributed by atoms with van der Waals surface area (Å²) in [6, 6.07) is 9.49. The van der Waals surface area contributed by atoms with Gasteiger partial charge in [0.25, 0.3) is 5.91 Å². The number of primary amides is 1. The fraction of sp³-hybridized carbons (Fsp3) is 0.333. The minimum absolute atomic E-state index is 0.132. The van der Waals surface area contributed by atoms with Crippen LogP contribution in [0.2, 0.25) is 0 Å². The standard InChI is InChI=1S/C15H18N2O2/c1-10-9-17(15(2,3)14(16)19)13(18)12(10)11-7-5-4-6-8-11/h4-8H,9H2,1-3H3,(H2,16,19). The highest BCUT2D eigenvalue weighted by Crippen LogP contribution is 2.32. The molecule has 1 aliphatic heterocycles. The number of nitrogens with zero attached hydrogens (tertiary/aromatic N) is 1. The highest BCUT2D eigenvalue weighted by molar-refractivity contribution is 6.23. The quantitative estimate of drug-likeness (QED) is 0.894. The molecule has 4 nitrogen and oxygen atoms in total. The summed E-state index contributed by atoms with van der Waals surface area (Å²) in [6.45, 7) is 5.71. The van der Waals surface area contributed by atoms with Gasteiger partial charge < -0.3 is 10.6 Å². The van der Waals surface area contributed by atoms with E-state index >= 15 is 0 Å². The Morgan fingerprint density at radius 3 is 2.37 bits per heavy atom. The van der Waals surface area contributed by atoms with E-state index in [0.29, 0.717) is 12.1 Å². The van der Waals surface area contributed by atoms with E-state index in [0.717, 1.165) is 11.1 Å². The van der Waals surface area contributed by atoms with Crippen LogP contribution >= 0.6 is 0 Å². The zero-order chi connectivity index (χ0) is 14.2. The average Bonchev–Trinajstić information content (AvgIpc) is 2.66. The Labute approximate surface area is 112 Å². The van der Waals surface area contributed by atoms with Crippen molar-refractivity contribution in [1.82, 2.24) is 4.90 Å². The van der Waals surface area contributed by atoms with Crippen LogP contribution in [0.4, 0.5) is 0 Å². The van der Waals surface area contributed by atoms with Crippen LogP contribution in [0.1, 0.15) is 26.3 Å². The summed E-state index contributed by atoms with van der Waals surface area (Å²) in [4.78, 5) is 25.6. The summed E-state index contributed by atoms with van der Waals surface area (Å²) < 4.78 is 0. The molecule has 0 fully saturated rings. The molecule has 0 saturated heterocycles. The van der Waals surface area contributed by atoms with E-state index < -0.39 is 11.4 Å². The lowest BCUT2D eigenvalue weighted by Crippen LogP contribution is -2.54. The number of hydrogen-bond acceptors (Lipinski definition) is 2. The van der Waals surface area contributed by atoms with E-state index in [1.54, 1.807) is 13.8 Å². The Bertz CT molecular complexity index is 559. The number of amides is 2. The molecule has 0 radical (unpaired) electrons. The van der Waals surface area contributed by atoms with E-state index in [2.05, 4.69) is 0 Å². The van der Waals surface area contributed by atoms with Crippen molar-refractivity contribution in [3.63, 3.8) is 0 Å². The molecule has 2 N–H and O–H groups in total. The van der Waals surface area contributed by atoms with Gasteiger partial charge in [-0.15, -0.1) is 0 Å².